The van der Waals surface area contributed by atoms with Gasteiger partial charge in [-0.05, 0) is 55.3 Å². The molecule has 0 heterocycles. The summed E-state index contributed by atoms with van der Waals surface area (Å²) in [5.74, 6) is 0.413. The molecule has 0 atom stereocenters. The van der Waals surface area contributed by atoms with Crippen molar-refractivity contribution in [1.29, 1.82) is 0 Å². The van der Waals surface area contributed by atoms with Gasteiger partial charge in [0.15, 0.2) is 0 Å². The van der Waals surface area contributed by atoms with E-state index in [0.717, 1.165) is 17.0 Å². The van der Waals surface area contributed by atoms with Crippen LogP contribution < -0.4 is 5.32 Å². The molecule has 2 rings (SSSR count). The van der Waals surface area contributed by atoms with Crippen molar-refractivity contribution in [2.75, 3.05) is 6.54 Å². The molecule has 2 aromatic rings. The quantitative estimate of drug-likeness (QED) is 0.803. The average Bonchev–Trinajstić information content (AvgIpc) is 2.41. The number of benzene rings is 2. The Morgan fingerprint density at radius 2 is 1.95 bits per heavy atom. The number of halogens is 1. The minimum absolute atomic E-state index is 0.176. The molecule has 0 unspecified atom stereocenters. The maximum Gasteiger partial charge on any atom is 0.123 e. The van der Waals surface area contributed by atoms with Crippen molar-refractivity contribution < 1.29 is 4.39 Å². The van der Waals surface area contributed by atoms with Crippen LogP contribution in [0.1, 0.15) is 25.0 Å². The lowest BCUT2D eigenvalue weighted by molar-refractivity contribution is 0.547. The molecule has 0 radical (unpaired) electrons. The maximum absolute atomic E-state index is 13.5. The Labute approximate surface area is 131 Å². The van der Waals surface area contributed by atoms with Gasteiger partial charge in [0.2, 0.25) is 0 Å². The van der Waals surface area contributed by atoms with Crippen molar-refractivity contribution in [1.82, 2.24) is 5.32 Å². The molecule has 0 fully saturated rings. The molecular weight excluding hydrogens is 281 g/mol. The molecule has 21 heavy (non-hydrogen) atoms. The lowest BCUT2D eigenvalue weighted by Crippen LogP contribution is -2.19. The minimum atomic E-state index is -0.176. The Balaban J connectivity index is 2.14. The molecule has 2 aromatic carbocycles. The van der Waals surface area contributed by atoms with Crippen LogP contribution in [0, 0.1) is 18.7 Å². The number of aryl methyl sites for hydroxylation is 1. The number of rotatable bonds is 6. The van der Waals surface area contributed by atoms with Crippen molar-refractivity contribution in [3.63, 3.8) is 0 Å². The third-order valence-electron chi connectivity index (χ3n) is 3.11. The van der Waals surface area contributed by atoms with E-state index < -0.39 is 0 Å². The van der Waals surface area contributed by atoms with Crippen molar-refractivity contribution in [3.05, 3.63) is 59.4 Å². The molecule has 0 aromatic heterocycles. The van der Waals surface area contributed by atoms with Crippen LogP contribution in [-0.2, 0) is 6.54 Å². The molecular formula is C18H22FNS. The summed E-state index contributed by atoms with van der Waals surface area (Å²) in [7, 11) is 0. The first-order valence-electron chi connectivity index (χ1n) is 7.28. The molecule has 0 amide bonds. The summed E-state index contributed by atoms with van der Waals surface area (Å²) >= 11 is 1.69. The van der Waals surface area contributed by atoms with E-state index in [1.54, 1.807) is 17.8 Å². The summed E-state index contributed by atoms with van der Waals surface area (Å²) in [5, 5.41) is 3.39. The highest BCUT2D eigenvalue weighted by molar-refractivity contribution is 7.99. The summed E-state index contributed by atoms with van der Waals surface area (Å²) in [6.45, 7) is 8.05. The van der Waals surface area contributed by atoms with Crippen molar-refractivity contribution in [2.45, 2.75) is 37.1 Å². The van der Waals surface area contributed by atoms with Gasteiger partial charge in [-0.1, -0.05) is 43.3 Å². The molecule has 0 bridgehead atoms. The van der Waals surface area contributed by atoms with Crippen molar-refractivity contribution >= 4 is 11.8 Å². The van der Waals surface area contributed by atoms with E-state index in [0.29, 0.717) is 12.5 Å². The fourth-order valence-corrected chi connectivity index (χ4v) is 3.13. The second kappa shape index (κ2) is 7.62. The normalized spacial score (nSPS) is 11.1. The Hall–Kier alpha value is -1.32. The second-order valence-electron chi connectivity index (χ2n) is 5.70. The summed E-state index contributed by atoms with van der Waals surface area (Å²) < 4.78 is 13.5. The largest absolute Gasteiger partial charge is 0.312 e. The first-order valence-corrected chi connectivity index (χ1v) is 8.10. The third-order valence-corrected chi connectivity index (χ3v) is 4.22. The van der Waals surface area contributed by atoms with E-state index in [-0.39, 0.29) is 5.82 Å². The highest BCUT2D eigenvalue weighted by atomic mass is 32.2. The molecule has 0 aliphatic rings. The van der Waals surface area contributed by atoms with Gasteiger partial charge in [0.05, 0.1) is 0 Å². The number of hydrogen-bond donors (Lipinski definition) is 1. The summed E-state index contributed by atoms with van der Waals surface area (Å²) in [4.78, 5) is 2.30. The van der Waals surface area contributed by atoms with E-state index in [1.807, 2.05) is 6.07 Å². The van der Waals surface area contributed by atoms with Crippen LogP contribution in [0.2, 0.25) is 0 Å². The lowest BCUT2D eigenvalue weighted by Gasteiger charge is -2.12. The van der Waals surface area contributed by atoms with Crippen LogP contribution in [0.15, 0.2) is 52.3 Å². The molecule has 0 saturated carbocycles. The Bertz CT molecular complexity index is 596. The molecule has 0 saturated heterocycles. The van der Waals surface area contributed by atoms with Gasteiger partial charge in [0, 0.05) is 16.3 Å². The van der Waals surface area contributed by atoms with E-state index in [4.69, 9.17) is 0 Å². The van der Waals surface area contributed by atoms with Gasteiger partial charge in [-0.25, -0.2) is 4.39 Å². The van der Waals surface area contributed by atoms with Gasteiger partial charge < -0.3 is 5.32 Å². The maximum atomic E-state index is 13.5. The van der Waals surface area contributed by atoms with Gasteiger partial charge in [-0.15, -0.1) is 0 Å². The molecule has 0 spiro atoms. The topological polar surface area (TPSA) is 12.0 Å². The predicted octanol–water partition coefficient (Wildman–Crippen LogP) is 5.03. The average molecular weight is 303 g/mol. The van der Waals surface area contributed by atoms with Gasteiger partial charge in [-0.2, -0.15) is 0 Å². The van der Waals surface area contributed by atoms with Crippen LogP contribution in [0.3, 0.4) is 0 Å². The smallest absolute Gasteiger partial charge is 0.123 e. The Morgan fingerprint density at radius 3 is 2.67 bits per heavy atom. The fraction of sp³-hybridized carbons (Fsp3) is 0.333. The SMILES string of the molecule is Cc1cccc(Sc2ccc(F)cc2CNCC(C)C)c1. The molecule has 0 aliphatic carbocycles. The van der Waals surface area contributed by atoms with Gasteiger partial charge >= 0.3 is 0 Å². The van der Waals surface area contributed by atoms with Crippen LogP contribution in [0.4, 0.5) is 4.39 Å². The third kappa shape index (κ3) is 5.18. The monoisotopic (exact) mass is 303 g/mol. The van der Waals surface area contributed by atoms with Crippen LogP contribution in [0.25, 0.3) is 0 Å². The summed E-state index contributed by atoms with van der Waals surface area (Å²) in [6, 6.07) is 13.4. The van der Waals surface area contributed by atoms with E-state index in [9.17, 15) is 4.39 Å². The Kier molecular flexibility index (Phi) is 5.83. The second-order valence-corrected chi connectivity index (χ2v) is 6.81. The van der Waals surface area contributed by atoms with Crippen molar-refractivity contribution in [3.8, 4) is 0 Å². The minimum Gasteiger partial charge on any atom is -0.312 e. The van der Waals surface area contributed by atoms with E-state index >= 15 is 0 Å². The number of hydrogen-bond acceptors (Lipinski definition) is 2. The zero-order valence-corrected chi connectivity index (χ0v) is 13.6. The fourth-order valence-electron chi connectivity index (χ4n) is 2.09. The van der Waals surface area contributed by atoms with Crippen LogP contribution >= 0.6 is 11.8 Å². The molecule has 0 aliphatic heterocycles. The molecule has 112 valence electrons. The first-order chi connectivity index (χ1) is 10.0. The van der Waals surface area contributed by atoms with Gasteiger partial charge in [-0.3, -0.25) is 0 Å². The zero-order valence-electron chi connectivity index (χ0n) is 12.8. The van der Waals surface area contributed by atoms with Gasteiger partial charge in [0.1, 0.15) is 5.82 Å². The molecule has 3 heteroatoms. The predicted molar refractivity (Wildman–Crippen MR) is 88.2 cm³/mol. The highest BCUT2D eigenvalue weighted by Crippen LogP contribution is 2.31. The van der Waals surface area contributed by atoms with E-state index in [1.165, 1.54) is 16.5 Å². The first kappa shape index (κ1) is 16.1. The van der Waals surface area contributed by atoms with Crippen molar-refractivity contribution in [2.24, 2.45) is 5.92 Å². The van der Waals surface area contributed by atoms with Crippen LogP contribution in [0.5, 0.6) is 0 Å². The summed E-state index contributed by atoms with van der Waals surface area (Å²) in [5.41, 5.74) is 2.25. The highest BCUT2D eigenvalue weighted by Gasteiger charge is 2.07. The standard InChI is InChI=1S/C18H22FNS/c1-13(2)11-20-12-15-10-16(19)7-8-18(15)21-17-6-4-5-14(3)9-17/h4-10,13,20H,11-12H2,1-3H3. The summed E-state index contributed by atoms with van der Waals surface area (Å²) in [6.07, 6.45) is 0. The lowest BCUT2D eigenvalue weighted by atomic mass is 10.2. The molecule has 1 N–H and O–H groups in total. The molecule has 1 nitrogen and oxygen atoms in total. The van der Waals surface area contributed by atoms with Crippen LogP contribution in [-0.4, -0.2) is 6.54 Å². The zero-order chi connectivity index (χ0) is 15.2. The number of nitrogens with one attached hydrogen (secondary N) is 1. The Morgan fingerprint density at radius 1 is 1.14 bits per heavy atom. The van der Waals surface area contributed by atoms with Gasteiger partial charge in [0.25, 0.3) is 0 Å². The van der Waals surface area contributed by atoms with E-state index in [2.05, 4.69) is 50.4 Å².